The van der Waals surface area contributed by atoms with Gasteiger partial charge in [-0.25, -0.2) is 13.1 Å². The van der Waals surface area contributed by atoms with Gasteiger partial charge in [0.15, 0.2) is 0 Å². The van der Waals surface area contributed by atoms with Gasteiger partial charge in [-0.2, -0.15) is 0 Å². The Labute approximate surface area is 88.2 Å². The monoisotopic (exact) mass is 228 g/mol. The fourth-order valence-electron chi connectivity index (χ4n) is 1.19. The van der Waals surface area contributed by atoms with Crippen molar-refractivity contribution < 1.29 is 13.5 Å². The van der Waals surface area contributed by atoms with Crippen LogP contribution in [0.25, 0.3) is 0 Å². The van der Waals surface area contributed by atoms with Crippen molar-refractivity contribution in [2.24, 2.45) is 5.92 Å². The Balaban J connectivity index is 2.12. The van der Waals surface area contributed by atoms with Crippen LogP contribution in [0.2, 0.25) is 0 Å². The second kappa shape index (κ2) is 3.79. The zero-order chi connectivity index (χ0) is 10.9. The number of nitrogens with one attached hydrogen (secondary N) is 1. The van der Waals surface area contributed by atoms with Gasteiger partial charge in [0.2, 0.25) is 10.0 Å². The third kappa shape index (κ3) is 2.66. The van der Waals surface area contributed by atoms with Crippen LogP contribution in [0.3, 0.4) is 0 Å². The van der Waals surface area contributed by atoms with Crippen LogP contribution in [0.15, 0.2) is 23.4 Å². The predicted octanol–water partition coefficient (Wildman–Crippen LogP) is 0.475. The molecule has 0 aliphatic heterocycles. The van der Waals surface area contributed by atoms with E-state index in [1.807, 2.05) is 0 Å². The van der Waals surface area contributed by atoms with E-state index < -0.39 is 10.0 Å². The number of pyridine rings is 1. The van der Waals surface area contributed by atoms with Crippen molar-refractivity contribution in [3.63, 3.8) is 0 Å². The van der Waals surface area contributed by atoms with Crippen molar-refractivity contribution in [3.05, 3.63) is 18.5 Å². The number of hydrogen-bond donors (Lipinski definition) is 2. The highest BCUT2D eigenvalue weighted by Crippen LogP contribution is 2.28. The predicted molar refractivity (Wildman–Crippen MR) is 53.8 cm³/mol. The first-order valence-electron chi connectivity index (χ1n) is 4.71. The summed E-state index contributed by atoms with van der Waals surface area (Å²) < 4.78 is 25.8. The fourth-order valence-corrected chi connectivity index (χ4v) is 2.28. The van der Waals surface area contributed by atoms with Crippen LogP contribution in [-0.2, 0) is 10.0 Å². The minimum absolute atomic E-state index is 0.00292. The van der Waals surface area contributed by atoms with E-state index in [4.69, 9.17) is 5.11 Å². The van der Waals surface area contributed by atoms with Crippen molar-refractivity contribution >= 4 is 10.0 Å². The molecule has 5 nitrogen and oxygen atoms in total. The van der Waals surface area contributed by atoms with E-state index in [1.165, 1.54) is 18.5 Å². The Hall–Kier alpha value is -1.14. The molecule has 0 atom stereocenters. The highest BCUT2D eigenvalue weighted by Gasteiger charge is 2.24. The summed E-state index contributed by atoms with van der Waals surface area (Å²) in [5, 5.41) is 9.11. The molecule has 6 heteroatoms. The summed E-state index contributed by atoms with van der Waals surface area (Å²) in [6.45, 7) is 0.470. The lowest BCUT2D eigenvalue weighted by atomic mass is 10.4. The summed E-state index contributed by atoms with van der Waals surface area (Å²) in [5.41, 5.74) is 0. The van der Waals surface area contributed by atoms with E-state index in [9.17, 15) is 8.42 Å². The zero-order valence-electron chi connectivity index (χ0n) is 8.05. The lowest BCUT2D eigenvalue weighted by Gasteiger charge is -2.05. The molecule has 15 heavy (non-hydrogen) atoms. The summed E-state index contributed by atoms with van der Waals surface area (Å²) in [6.07, 6.45) is 4.58. The van der Waals surface area contributed by atoms with Gasteiger partial charge in [-0.3, -0.25) is 4.98 Å². The maximum absolute atomic E-state index is 11.7. The highest BCUT2D eigenvalue weighted by atomic mass is 32.2. The number of sulfonamides is 1. The summed E-state index contributed by atoms with van der Waals surface area (Å²) in [7, 11) is -3.51. The molecule has 1 aromatic heterocycles. The number of aromatic hydroxyl groups is 1. The highest BCUT2D eigenvalue weighted by molar-refractivity contribution is 7.89. The second-order valence-electron chi connectivity index (χ2n) is 3.67. The van der Waals surface area contributed by atoms with Crippen LogP contribution in [-0.4, -0.2) is 25.1 Å². The summed E-state index contributed by atoms with van der Waals surface area (Å²) in [5.74, 6) is 0.328. The minimum Gasteiger partial charge on any atom is -0.506 e. The third-order valence-electron chi connectivity index (χ3n) is 2.27. The zero-order valence-corrected chi connectivity index (χ0v) is 8.87. The van der Waals surface area contributed by atoms with E-state index in [2.05, 4.69) is 9.71 Å². The van der Waals surface area contributed by atoms with Crippen molar-refractivity contribution in [1.82, 2.24) is 9.71 Å². The Bertz CT molecular complexity index is 454. The Morgan fingerprint density at radius 3 is 2.80 bits per heavy atom. The molecule has 0 saturated heterocycles. The fraction of sp³-hybridized carbons (Fsp3) is 0.444. The SMILES string of the molecule is O=S(=O)(NCC1CC1)c1cncc(O)c1. The van der Waals surface area contributed by atoms with Crippen molar-refractivity contribution in [2.75, 3.05) is 6.54 Å². The molecule has 1 heterocycles. The molecule has 0 unspecified atom stereocenters. The van der Waals surface area contributed by atoms with Gasteiger partial charge in [0.25, 0.3) is 0 Å². The van der Waals surface area contributed by atoms with Gasteiger partial charge >= 0.3 is 0 Å². The van der Waals surface area contributed by atoms with Gasteiger partial charge in [-0.1, -0.05) is 0 Å². The van der Waals surface area contributed by atoms with Crippen molar-refractivity contribution in [2.45, 2.75) is 17.7 Å². The minimum atomic E-state index is -3.51. The van der Waals surface area contributed by atoms with E-state index >= 15 is 0 Å². The van der Waals surface area contributed by atoms with E-state index in [0.29, 0.717) is 12.5 Å². The van der Waals surface area contributed by atoms with Gasteiger partial charge in [0.1, 0.15) is 10.6 Å². The Kier molecular flexibility index (Phi) is 2.62. The molecule has 0 amide bonds. The van der Waals surface area contributed by atoms with Gasteiger partial charge < -0.3 is 5.11 Å². The summed E-state index contributed by atoms with van der Waals surface area (Å²) in [4.78, 5) is 3.63. The van der Waals surface area contributed by atoms with Gasteiger partial charge in [-0.05, 0) is 18.8 Å². The standard InChI is InChI=1S/C9H12N2O3S/c12-8-3-9(6-10-5-8)15(13,14)11-4-7-1-2-7/h3,5-7,11-12H,1-2,4H2. The molecule has 82 valence electrons. The molecule has 1 aliphatic carbocycles. The Morgan fingerprint density at radius 1 is 1.47 bits per heavy atom. The molecule has 2 rings (SSSR count). The average Bonchev–Trinajstić information content (AvgIpc) is 2.98. The van der Waals surface area contributed by atoms with E-state index in [-0.39, 0.29) is 10.6 Å². The molecular formula is C9H12N2O3S. The topological polar surface area (TPSA) is 79.3 Å². The van der Waals surface area contributed by atoms with Gasteiger partial charge in [0.05, 0.1) is 6.20 Å². The lowest BCUT2D eigenvalue weighted by molar-refractivity contribution is 0.470. The van der Waals surface area contributed by atoms with E-state index in [0.717, 1.165) is 12.8 Å². The molecule has 0 bridgehead atoms. The molecule has 1 aliphatic rings. The largest absolute Gasteiger partial charge is 0.506 e. The summed E-state index contributed by atoms with van der Waals surface area (Å²) >= 11 is 0. The van der Waals surface area contributed by atoms with Crippen LogP contribution in [0, 0.1) is 5.92 Å². The summed E-state index contributed by atoms with van der Waals surface area (Å²) in [6, 6.07) is 1.18. The van der Waals surface area contributed by atoms with Crippen LogP contribution < -0.4 is 4.72 Å². The number of rotatable bonds is 4. The average molecular weight is 228 g/mol. The molecular weight excluding hydrogens is 216 g/mol. The number of hydrogen-bond acceptors (Lipinski definition) is 4. The molecule has 0 spiro atoms. The van der Waals surface area contributed by atoms with Crippen LogP contribution in [0.1, 0.15) is 12.8 Å². The second-order valence-corrected chi connectivity index (χ2v) is 5.44. The normalized spacial score (nSPS) is 16.5. The third-order valence-corrected chi connectivity index (χ3v) is 3.66. The Morgan fingerprint density at radius 2 is 2.20 bits per heavy atom. The molecule has 0 aromatic carbocycles. The van der Waals surface area contributed by atoms with E-state index in [1.54, 1.807) is 0 Å². The maximum atomic E-state index is 11.7. The first-order chi connectivity index (χ1) is 7.08. The molecule has 1 saturated carbocycles. The van der Waals surface area contributed by atoms with Crippen LogP contribution >= 0.6 is 0 Å². The molecule has 1 aromatic rings. The maximum Gasteiger partial charge on any atom is 0.242 e. The molecule has 1 fully saturated rings. The van der Waals surface area contributed by atoms with Crippen molar-refractivity contribution in [1.29, 1.82) is 0 Å². The quantitative estimate of drug-likeness (QED) is 0.785. The van der Waals surface area contributed by atoms with Gasteiger partial charge in [0, 0.05) is 18.8 Å². The lowest BCUT2D eigenvalue weighted by Crippen LogP contribution is -2.25. The van der Waals surface area contributed by atoms with Crippen LogP contribution in [0.4, 0.5) is 0 Å². The number of aromatic nitrogens is 1. The number of nitrogens with zero attached hydrogens (tertiary/aromatic N) is 1. The van der Waals surface area contributed by atoms with Crippen molar-refractivity contribution in [3.8, 4) is 5.75 Å². The van der Waals surface area contributed by atoms with Crippen LogP contribution in [0.5, 0.6) is 5.75 Å². The molecule has 0 radical (unpaired) electrons. The molecule has 2 N–H and O–H groups in total. The first kappa shape index (κ1) is 10.4. The smallest absolute Gasteiger partial charge is 0.242 e. The first-order valence-corrected chi connectivity index (χ1v) is 6.20. The van der Waals surface area contributed by atoms with Gasteiger partial charge in [-0.15, -0.1) is 0 Å².